The average Bonchev–Trinajstić information content (AvgIpc) is 3.36. The molecule has 1 aromatic carbocycles. The van der Waals surface area contributed by atoms with Gasteiger partial charge in [0.15, 0.2) is 5.13 Å². The van der Waals surface area contributed by atoms with Crippen molar-refractivity contribution in [2.24, 2.45) is 0 Å². The summed E-state index contributed by atoms with van der Waals surface area (Å²) in [6, 6.07) is 5.98. The van der Waals surface area contributed by atoms with Crippen LogP contribution < -0.4 is 15.4 Å². The predicted octanol–water partition coefficient (Wildman–Crippen LogP) is 2.31. The van der Waals surface area contributed by atoms with Crippen molar-refractivity contribution in [3.8, 4) is 0 Å². The highest BCUT2D eigenvalue weighted by molar-refractivity contribution is 7.15. The summed E-state index contributed by atoms with van der Waals surface area (Å²) in [5.41, 5.74) is 3.18. The molecular weight excluding hydrogens is 386 g/mol. The quantitative estimate of drug-likeness (QED) is 0.642. The van der Waals surface area contributed by atoms with E-state index in [1.165, 1.54) is 28.5 Å². The molecule has 0 amide bonds. The summed E-state index contributed by atoms with van der Waals surface area (Å²) in [5.74, 6) is 0. The molecule has 2 aliphatic rings. The van der Waals surface area contributed by atoms with Crippen LogP contribution >= 0.6 is 11.3 Å². The van der Waals surface area contributed by atoms with Crippen molar-refractivity contribution in [3.05, 3.63) is 45.5 Å². The second-order valence-corrected chi connectivity index (χ2v) is 8.69. The first kappa shape index (κ1) is 18.6. The summed E-state index contributed by atoms with van der Waals surface area (Å²) in [5, 5.41) is 1.84. The van der Waals surface area contributed by atoms with Crippen molar-refractivity contribution in [1.82, 2.24) is 14.5 Å². The number of benzene rings is 1. The molecule has 1 saturated heterocycles. The van der Waals surface area contributed by atoms with Crippen LogP contribution in [0.5, 0.6) is 0 Å². The molecule has 0 spiro atoms. The van der Waals surface area contributed by atoms with Gasteiger partial charge in [-0.05, 0) is 37.5 Å². The van der Waals surface area contributed by atoms with Crippen molar-refractivity contribution < 1.29 is 4.74 Å². The van der Waals surface area contributed by atoms with Crippen LogP contribution in [0.4, 0.5) is 10.8 Å². The van der Waals surface area contributed by atoms with Crippen LogP contribution in [0, 0.1) is 0 Å². The first-order valence-electron chi connectivity index (χ1n) is 10.2. The Balaban J connectivity index is 1.30. The van der Waals surface area contributed by atoms with Gasteiger partial charge in [0.05, 0.1) is 36.1 Å². The molecule has 8 heteroatoms. The number of anilines is 2. The van der Waals surface area contributed by atoms with E-state index in [0.717, 1.165) is 43.8 Å². The Bertz CT molecular complexity index is 1060. The van der Waals surface area contributed by atoms with E-state index in [-0.39, 0.29) is 5.56 Å². The van der Waals surface area contributed by atoms with Crippen LogP contribution in [0.2, 0.25) is 0 Å². The minimum absolute atomic E-state index is 0.0137. The number of fused-ring (bicyclic) bond motifs is 2. The maximum Gasteiger partial charge on any atom is 0.261 e. The minimum atomic E-state index is -0.0137. The first-order valence-corrected chi connectivity index (χ1v) is 11.0. The van der Waals surface area contributed by atoms with Gasteiger partial charge in [0.2, 0.25) is 0 Å². The fourth-order valence-corrected chi connectivity index (χ4v) is 5.36. The van der Waals surface area contributed by atoms with Crippen LogP contribution in [0.15, 0.2) is 29.3 Å². The number of aromatic nitrogens is 3. The van der Waals surface area contributed by atoms with E-state index in [0.29, 0.717) is 18.5 Å². The van der Waals surface area contributed by atoms with Gasteiger partial charge in [-0.25, -0.2) is 9.97 Å². The number of ether oxygens (including phenoxy) is 1. The molecule has 0 N–H and O–H groups in total. The van der Waals surface area contributed by atoms with Crippen LogP contribution in [-0.2, 0) is 24.1 Å². The molecule has 29 heavy (non-hydrogen) atoms. The maximum absolute atomic E-state index is 12.6. The summed E-state index contributed by atoms with van der Waals surface area (Å²) >= 11 is 1.88. The van der Waals surface area contributed by atoms with Gasteiger partial charge in [-0.3, -0.25) is 9.36 Å². The summed E-state index contributed by atoms with van der Waals surface area (Å²) in [6.45, 7) is 4.84. The monoisotopic (exact) mass is 411 g/mol. The number of aryl methyl sites for hydroxylation is 2. The Hall–Kier alpha value is -2.45. The molecule has 1 fully saturated rings. The van der Waals surface area contributed by atoms with Gasteiger partial charge < -0.3 is 14.5 Å². The molecule has 1 aliphatic carbocycles. The average molecular weight is 412 g/mol. The first-order chi connectivity index (χ1) is 14.2. The second kappa shape index (κ2) is 7.76. The fourth-order valence-electron chi connectivity index (χ4n) is 4.16. The topological polar surface area (TPSA) is 63.5 Å². The van der Waals surface area contributed by atoms with Crippen molar-refractivity contribution >= 4 is 33.1 Å². The fraction of sp³-hybridized carbons (Fsp3) is 0.476. The number of methoxy groups -OCH3 is 1. The third-order valence-electron chi connectivity index (χ3n) is 5.84. The largest absolute Gasteiger partial charge is 0.383 e. The van der Waals surface area contributed by atoms with E-state index >= 15 is 0 Å². The molecule has 3 aromatic rings. The number of piperazine rings is 1. The Morgan fingerprint density at radius 2 is 1.97 bits per heavy atom. The van der Waals surface area contributed by atoms with E-state index in [1.54, 1.807) is 18.0 Å². The van der Waals surface area contributed by atoms with Crippen molar-refractivity contribution in [2.75, 3.05) is 49.7 Å². The number of hydrogen-bond donors (Lipinski definition) is 0. The van der Waals surface area contributed by atoms with E-state index in [4.69, 9.17) is 9.72 Å². The lowest BCUT2D eigenvalue weighted by Crippen LogP contribution is -2.46. The Morgan fingerprint density at radius 1 is 1.14 bits per heavy atom. The molecule has 0 radical (unpaired) electrons. The standard InChI is InChI=1S/C21H25N5O2S/c1-28-12-11-26-14-22-18-13-15(5-6-16(18)20(26)27)24-7-9-25(10-8-24)21-23-17-3-2-4-19(17)29-21/h5-6,13-14H,2-4,7-12H2,1H3. The highest BCUT2D eigenvalue weighted by Crippen LogP contribution is 2.33. The van der Waals surface area contributed by atoms with E-state index in [1.807, 2.05) is 29.5 Å². The van der Waals surface area contributed by atoms with Gasteiger partial charge in [0, 0.05) is 43.9 Å². The van der Waals surface area contributed by atoms with Crippen LogP contribution in [0.25, 0.3) is 10.9 Å². The maximum atomic E-state index is 12.6. The third kappa shape index (κ3) is 3.51. The summed E-state index contributed by atoms with van der Waals surface area (Å²) < 4.78 is 6.67. The van der Waals surface area contributed by atoms with E-state index in [9.17, 15) is 4.79 Å². The molecule has 152 valence electrons. The zero-order valence-electron chi connectivity index (χ0n) is 16.6. The summed E-state index contributed by atoms with van der Waals surface area (Å²) in [7, 11) is 1.63. The van der Waals surface area contributed by atoms with Gasteiger partial charge in [0.1, 0.15) is 0 Å². The lowest BCUT2D eigenvalue weighted by Gasteiger charge is -2.36. The third-order valence-corrected chi connectivity index (χ3v) is 7.06. The molecule has 0 unspecified atom stereocenters. The lowest BCUT2D eigenvalue weighted by atomic mass is 10.2. The smallest absolute Gasteiger partial charge is 0.261 e. The zero-order chi connectivity index (χ0) is 19.8. The molecule has 3 heterocycles. The van der Waals surface area contributed by atoms with Gasteiger partial charge in [-0.1, -0.05) is 0 Å². The summed E-state index contributed by atoms with van der Waals surface area (Å²) in [4.78, 5) is 28.3. The molecule has 2 aromatic heterocycles. The zero-order valence-corrected chi connectivity index (χ0v) is 17.5. The molecule has 1 aliphatic heterocycles. The predicted molar refractivity (Wildman–Crippen MR) is 116 cm³/mol. The van der Waals surface area contributed by atoms with Crippen LogP contribution in [0.3, 0.4) is 0 Å². The number of hydrogen-bond acceptors (Lipinski definition) is 7. The Labute approximate surface area is 173 Å². The number of thiazole rings is 1. The van der Waals surface area contributed by atoms with Gasteiger partial charge in [0.25, 0.3) is 5.56 Å². The van der Waals surface area contributed by atoms with E-state index in [2.05, 4.69) is 14.8 Å². The molecule has 0 bridgehead atoms. The number of rotatable bonds is 5. The second-order valence-electron chi connectivity index (χ2n) is 7.63. The van der Waals surface area contributed by atoms with Crippen molar-refractivity contribution in [1.29, 1.82) is 0 Å². The highest BCUT2D eigenvalue weighted by Gasteiger charge is 2.23. The SMILES string of the molecule is COCCn1cnc2cc(N3CCN(c4nc5c(s4)CCC5)CC3)ccc2c1=O. The van der Waals surface area contributed by atoms with Gasteiger partial charge in [-0.15, -0.1) is 11.3 Å². The van der Waals surface area contributed by atoms with Crippen LogP contribution in [0.1, 0.15) is 17.0 Å². The highest BCUT2D eigenvalue weighted by atomic mass is 32.1. The Kier molecular flexibility index (Phi) is 4.97. The van der Waals surface area contributed by atoms with Crippen LogP contribution in [-0.4, -0.2) is 54.4 Å². The minimum Gasteiger partial charge on any atom is -0.383 e. The Morgan fingerprint density at radius 3 is 2.76 bits per heavy atom. The van der Waals surface area contributed by atoms with Gasteiger partial charge in [-0.2, -0.15) is 0 Å². The molecule has 0 saturated carbocycles. The number of nitrogens with zero attached hydrogens (tertiary/aromatic N) is 5. The molecular formula is C21H25N5O2S. The molecule has 7 nitrogen and oxygen atoms in total. The van der Waals surface area contributed by atoms with Crippen molar-refractivity contribution in [3.63, 3.8) is 0 Å². The normalized spacial score (nSPS) is 16.6. The lowest BCUT2D eigenvalue weighted by molar-refractivity contribution is 0.186. The van der Waals surface area contributed by atoms with E-state index < -0.39 is 0 Å². The van der Waals surface area contributed by atoms with Gasteiger partial charge >= 0.3 is 0 Å². The molecule has 0 atom stereocenters. The molecule has 5 rings (SSSR count). The summed E-state index contributed by atoms with van der Waals surface area (Å²) in [6.07, 6.45) is 5.22. The van der Waals surface area contributed by atoms with Crippen molar-refractivity contribution in [2.45, 2.75) is 25.8 Å².